The van der Waals surface area contributed by atoms with Crippen molar-refractivity contribution in [3.8, 4) is 0 Å². The number of nitrogens with zero attached hydrogens (tertiary/aromatic N) is 1. The number of hydrogen-bond donors (Lipinski definition) is 2. The van der Waals surface area contributed by atoms with Gasteiger partial charge < -0.3 is 14.6 Å². The zero-order valence-corrected chi connectivity index (χ0v) is 11.7. The monoisotopic (exact) mass is 299 g/mol. The second-order valence-electron chi connectivity index (χ2n) is 4.84. The third-order valence-corrected chi connectivity index (χ3v) is 3.42. The van der Waals surface area contributed by atoms with Gasteiger partial charge in [-0.1, -0.05) is 6.92 Å². The molecule has 0 radical (unpaired) electrons. The first-order valence-corrected chi connectivity index (χ1v) is 6.56. The van der Waals surface area contributed by atoms with E-state index in [9.17, 15) is 19.5 Å². The van der Waals surface area contributed by atoms with Crippen LogP contribution in [0, 0.1) is 5.92 Å². The highest BCUT2D eigenvalue weighted by Crippen LogP contribution is 2.33. The Hall–Kier alpha value is -1.93. The maximum absolute atomic E-state index is 12.0. The molecule has 2 N–H and O–H groups in total. The highest BCUT2D eigenvalue weighted by atomic mass is 16.5. The van der Waals surface area contributed by atoms with Crippen molar-refractivity contribution in [2.24, 2.45) is 5.92 Å². The van der Waals surface area contributed by atoms with E-state index in [-0.39, 0.29) is 19.1 Å². The summed E-state index contributed by atoms with van der Waals surface area (Å²) in [5, 5.41) is 9.97. The average molecular weight is 299 g/mol. The Morgan fingerprint density at radius 2 is 2.33 bits per heavy atom. The maximum Gasteiger partial charge on any atom is 0.345 e. The van der Waals surface area contributed by atoms with Crippen LogP contribution in [-0.2, 0) is 9.47 Å². The largest absolute Gasteiger partial charge is 0.462 e. The molecule has 0 bridgehead atoms. The van der Waals surface area contributed by atoms with Gasteiger partial charge in [-0.2, -0.15) is 0 Å². The van der Waals surface area contributed by atoms with E-state index in [0.29, 0.717) is 0 Å². The molecule has 1 aliphatic heterocycles. The van der Waals surface area contributed by atoms with Crippen LogP contribution in [0.5, 0.6) is 0 Å². The van der Waals surface area contributed by atoms with E-state index < -0.39 is 41.6 Å². The van der Waals surface area contributed by atoms with Gasteiger partial charge in [-0.3, -0.25) is 14.3 Å². The normalized spacial score (nSPS) is 29.2. The van der Waals surface area contributed by atoms with Gasteiger partial charge in [0.2, 0.25) is 0 Å². The fourth-order valence-corrected chi connectivity index (χ4v) is 2.24. The molecule has 1 aromatic heterocycles. The lowest BCUT2D eigenvalue weighted by atomic mass is 10.0. The molecule has 2 heterocycles. The summed E-state index contributed by atoms with van der Waals surface area (Å²) in [7, 11) is 0. The van der Waals surface area contributed by atoms with E-state index in [1.165, 1.54) is 0 Å². The molecule has 1 aromatic rings. The van der Waals surface area contributed by atoms with Crippen LogP contribution in [0.2, 0.25) is 0 Å². The summed E-state index contributed by atoms with van der Waals surface area (Å²) >= 11 is 0. The van der Waals surface area contributed by atoms with Gasteiger partial charge in [0.1, 0.15) is 11.8 Å². The summed E-state index contributed by atoms with van der Waals surface area (Å²) in [5.74, 6) is -1.32. The molecule has 2 rings (SSSR count). The van der Waals surface area contributed by atoms with Gasteiger partial charge in [0.25, 0.3) is 5.56 Å². The molecular weight excluding hydrogens is 280 g/mol. The standard InChI is InChI=1S/C13H18N2O6/c1-4-20-12(18)8-5-15(13(19)14-10(8)17)11-6(2)9(16)7(3)21-11/h5-7,9,11,16H,4H2,1-3H3,(H,14,17,19)/t6-,7+,9?,11+/m0/s1/i3D. The number of aliphatic hydroxyl groups is 1. The van der Waals surface area contributed by atoms with Crippen molar-refractivity contribution in [3.05, 3.63) is 32.6 Å². The van der Waals surface area contributed by atoms with Crippen molar-refractivity contribution < 1.29 is 20.7 Å². The number of carbonyl (C=O) groups is 1. The molecule has 0 amide bonds. The summed E-state index contributed by atoms with van der Waals surface area (Å²) in [6.07, 6.45) is -1.44. The average Bonchev–Trinajstić information content (AvgIpc) is 2.75. The van der Waals surface area contributed by atoms with Crippen molar-refractivity contribution in [2.45, 2.75) is 39.2 Å². The van der Waals surface area contributed by atoms with Gasteiger partial charge in [-0.15, -0.1) is 0 Å². The molecule has 0 spiro atoms. The number of nitrogens with one attached hydrogen (secondary N) is 1. The number of ether oxygens (including phenoxy) is 2. The molecule has 0 saturated carbocycles. The van der Waals surface area contributed by atoms with Gasteiger partial charge in [0.15, 0.2) is 0 Å². The molecule has 8 heteroatoms. The zero-order valence-electron chi connectivity index (χ0n) is 12.7. The van der Waals surface area contributed by atoms with Crippen molar-refractivity contribution >= 4 is 5.97 Å². The number of rotatable bonds is 3. The zero-order chi connectivity index (χ0) is 16.4. The fourth-order valence-electron chi connectivity index (χ4n) is 2.24. The molecule has 1 unspecified atom stereocenters. The summed E-state index contributed by atoms with van der Waals surface area (Å²) < 4.78 is 18.6. The van der Waals surface area contributed by atoms with Gasteiger partial charge in [-0.05, 0) is 13.8 Å². The van der Waals surface area contributed by atoms with Gasteiger partial charge >= 0.3 is 11.7 Å². The molecule has 8 nitrogen and oxygen atoms in total. The van der Waals surface area contributed by atoms with Crippen LogP contribution >= 0.6 is 0 Å². The van der Waals surface area contributed by atoms with Crippen molar-refractivity contribution in [1.29, 1.82) is 0 Å². The second-order valence-corrected chi connectivity index (χ2v) is 4.84. The fraction of sp³-hybridized carbons (Fsp3) is 0.615. The van der Waals surface area contributed by atoms with Crippen LogP contribution in [0.25, 0.3) is 0 Å². The minimum Gasteiger partial charge on any atom is -0.462 e. The van der Waals surface area contributed by atoms with Gasteiger partial charge in [-0.25, -0.2) is 9.59 Å². The number of aliphatic hydroxyl groups excluding tert-OH is 1. The first kappa shape index (κ1) is 14.0. The number of carbonyl (C=O) groups excluding carboxylic acids is 1. The predicted molar refractivity (Wildman–Crippen MR) is 72.0 cm³/mol. The van der Waals surface area contributed by atoms with E-state index in [4.69, 9.17) is 10.8 Å². The number of H-pyrrole nitrogens is 1. The minimum absolute atomic E-state index is 0.0906. The van der Waals surface area contributed by atoms with Crippen LogP contribution in [0.1, 0.15) is 38.7 Å². The number of aromatic nitrogens is 2. The van der Waals surface area contributed by atoms with Crippen LogP contribution < -0.4 is 11.2 Å². The lowest BCUT2D eigenvalue weighted by Crippen LogP contribution is -2.37. The Morgan fingerprint density at radius 1 is 1.62 bits per heavy atom. The van der Waals surface area contributed by atoms with Crippen molar-refractivity contribution in [2.75, 3.05) is 6.61 Å². The van der Waals surface area contributed by atoms with E-state index in [1.54, 1.807) is 13.8 Å². The highest BCUT2D eigenvalue weighted by Gasteiger charge is 2.40. The van der Waals surface area contributed by atoms with Crippen LogP contribution in [-0.4, -0.2) is 39.4 Å². The Morgan fingerprint density at radius 3 is 2.90 bits per heavy atom. The quantitative estimate of drug-likeness (QED) is 0.737. The van der Waals surface area contributed by atoms with Gasteiger partial charge in [0, 0.05) is 13.5 Å². The molecule has 116 valence electrons. The lowest BCUT2D eigenvalue weighted by Gasteiger charge is -2.18. The Labute approximate surface area is 121 Å². The van der Waals surface area contributed by atoms with Crippen molar-refractivity contribution in [1.82, 2.24) is 9.55 Å². The minimum atomic E-state index is -0.910. The third-order valence-electron chi connectivity index (χ3n) is 3.42. The molecule has 21 heavy (non-hydrogen) atoms. The first-order chi connectivity index (χ1) is 10.4. The van der Waals surface area contributed by atoms with Crippen molar-refractivity contribution in [3.63, 3.8) is 0 Å². The summed E-state index contributed by atoms with van der Waals surface area (Å²) in [6, 6.07) is 0. The number of hydrogen-bond acceptors (Lipinski definition) is 6. The molecule has 0 aromatic carbocycles. The first-order valence-electron chi connectivity index (χ1n) is 7.26. The number of esters is 1. The Kier molecular flexibility index (Phi) is 3.89. The third kappa shape index (κ3) is 2.77. The van der Waals surface area contributed by atoms with E-state index >= 15 is 0 Å². The van der Waals surface area contributed by atoms with Crippen LogP contribution in [0.3, 0.4) is 0 Å². The summed E-state index contributed by atoms with van der Waals surface area (Å²) in [6.45, 7) is 3.18. The predicted octanol–water partition coefficient (Wildman–Crippen LogP) is -0.372. The lowest BCUT2D eigenvalue weighted by molar-refractivity contribution is -0.0145. The van der Waals surface area contributed by atoms with Crippen LogP contribution in [0.4, 0.5) is 0 Å². The SMILES string of the molecule is [2H]C[C@H]1O[C@@H](n2cc(C(=O)OCC)c(=O)[nH]c2=O)[C@@H](C)C1O. The number of aromatic amines is 1. The summed E-state index contributed by atoms with van der Waals surface area (Å²) in [4.78, 5) is 37.4. The molecule has 0 aliphatic carbocycles. The van der Waals surface area contributed by atoms with Gasteiger partial charge in [0.05, 0.1) is 18.8 Å². The second kappa shape index (κ2) is 5.82. The smallest absolute Gasteiger partial charge is 0.345 e. The van der Waals surface area contributed by atoms with E-state index in [0.717, 1.165) is 10.8 Å². The molecule has 1 aliphatic rings. The molecule has 1 fully saturated rings. The molecular formula is C13H18N2O6. The molecule has 1 saturated heterocycles. The Bertz CT molecular complexity index is 669. The van der Waals surface area contributed by atoms with Crippen LogP contribution in [0.15, 0.2) is 15.8 Å². The van der Waals surface area contributed by atoms with E-state index in [1.807, 2.05) is 4.98 Å². The topological polar surface area (TPSA) is 111 Å². The van der Waals surface area contributed by atoms with E-state index in [2.05, 4.69) is 0 Å². The Balaban J connectivity index is 2.44. The molecule has 4 atom stereocenters. The maximum atomic E-state index is 12.0. The highest BCUT2D eigenvalue weighted by molar-refractivity contribution is 5.88. The summed E-state index contributed by atoms with van der Waals surface area (Å²) in [5.41, 5.74) is -1.92.